The first-order valence-corrected chi connectivity index (χ1v) is 21.5. The Morgan fingerprint density at radius 1 is 0.704 bits per heavy atom. The summed E-state index contributed by atoms with van der Waals surface area (Å²) in [5, 5.41) is 4.33. The van der Waals surface area contributed by atoms with E-state index in [4.69, 9.17) is 15.6 Å². The Hall–Kier alpha value is -3.66. The number of unbranched alkanes of at least 4 members (excludes halogenated alkanes) is 16. The van der Waals surface area contributed by atoms with Crippen molar-refractivity contribution in [3.63, 3.8) is 0 Å². The standard InChI is InChI=1S/C44H71N7O3/c1-5-7-9-10-11-12-13-14-15-16-17-18-19-20-23-30-46-38-41(43(53)42(38)52)50(33-26-31-49(3)4)32-24-25-34-54-51-37(29-8-6-2)48-39-40(51)35-27-21-22-28-36(35)47-44(39)45/h21-22,27-28,46H,5-20,23-26,29-34H2,1-4H3,(H2,45,47). The summed E-state index contributed by atoms with van der Waals surface area (Å²) in [6.45, 7) is 7.98. The van der Waals surface area contributed by atoms with Crippen LogP contribution in [0.15, 0.2) is 33.9 Å². The van der Waals surface area contributed by atoms with Gasteiger partial charge in [-0.3, -0.25) is 9.59 Å². The van der Waals surface area contributed by atoms with Crippen molar-refractivity contribution in [1.29, 1.82) is 0 Å². The molecule has 2 aromatic heterocycles. The van der Waals surface area contributed by atoms with Crippen LogP contribution >= 0.6 is 0 Å². The van der Waals surface area contributed by atoms with Crippen LogP contribution in [0.25, 0.3) is 21.9 Å². The summed E-state index contributed by atoms with van der Waals surface area (Å²) in [6, 6.07) is 7.96. The molecule has 0 aliphatic heterocycles. The summed E-state index contributed by atoms with van der Waals surface area (Å²) >= 11 is 0. The quantitative estimate of drug-likeness (QED) is 0.0384. The molecule has 0 fully saturated rings. The number of nitrogens with one attached hydrogen (secondary N) is 1. The zero-order valence-corrected chi connectivity index (χ0v) is 34.2. The number of nitrogens with two attached hydrogens (primary N) is 1. The molecule has 0 radical (unpaired) electrons. The van der Waals surface area contributed by atoms with E-state index in [0.29, 0.717) is 35.9 Å². The maximum atomic E-state index is 13.0. The lowest BCUT2D eigenvalue weighted by Gasteiger charge is -2.28. The first kappa shape index (κ1) is 43.1. The Morgan fingerprint density at radius 3 is 1.96 bits per heavy atom. The van der Waals surface area contributed by atoms with E-state index in [2.05, 4.69) is 48.0 Å². The van der Waals surface area contributed by atoms with E-state index in [-0.39, 0.29) is 10.9 Å². The largest absolute Gasteiger partial charge is 0.412 e. The molecule has 54 heavy (non-hydrogen) atoms. The Kier molecular flexibility index (Phi) is 19.1. The predicted octanol–water partition coefficient (Wildman–Crippen LogP) is 9.06. The van der Waals surface area contributed by atoms with Crippen LogP contribution in [-0.4, -0.2) is 66.5 Å². The second-order valence-electron chi connectivity index (χ2n) is 15.6. The van der Waals surface area contributed by atoms with Crippen LogP contribution in [0, 0.1) is 0 Å². The van der Waals surface area contributed by atoms with Gasteiger partial charge in [-0.2, -0.15) is 4.73 Å². The highest BCUT2D eigenvalue weighted by Gasteiger charge is 2.26. The monoisotopic (exact) mass is 746 g/mol. The second kappa shape index (κ2) is 24.0. The fourth-order valence-electron chi connectivity index (χ4n) is 7.48. The SMILES string of the molecule is CCCCCCCCCCCCCCCCCNc1c(N(CCCCOn2c(CCCC)nc3c(N)nc4ccccc4c32)CCCN(C)C)c(=O)c1=O. The van der Waals surface area contributed by atoms with Crippen LogP contribution in [0.3, 0.4) is 0 Å². The van der Waals surface area contributed by atoms with E-state index in [0.717, 1.165) is 93.2 Å². The summed E-state index contributed by atoms with van der Waals surface area (Å²) in [6.07, 6.45) is 25.2. The number of aryl methyl sites for hydroxylation is 1. The molecule has 0 aliphatic carbocycles. The van der Waals surface area contributed by atoms with Crippen LogP contribution in [0.1, 0.15) is 148 Å². The van der Waals surface area contributed by atoms with Gasteiger partial charge in [-0.1, -0.05) is 128 Å². The van der Waals surface area contributed by atoms with E-state index in [1.807, 2.05) is 29.0 Å². The van der Waals surface area contributed by atoms with E-state index in [1.165, 1.54) is 83.5 Å². The molecule has 0 unspecified atom stereocenters. The van der Waals surface area contributed by atoms with Gasteiger partial charge in [0.15, 0.2) is 5.82 Å². The topological polar surface area (TPSA) is 119 Å². The molecule has 4 rings (SSSR count). The van der Waals surface area contributed by atoms with Crippen molar-refractivity contribution in [2.24, 2.45) is 0 Å². The third kappa shape index (κ3) is 13.0. The Balaban J connectivity index is 1.23. The number of rotatable bonds is 31. The number of benzene rings is 1. The first-order chi connectivity index (χ1) is 26.4. The highest BCUT2D eigenvalue weighted by Crippen LogP contribution is 2.29. The normalized spacial score (nSPS) is 11.8. The number of aromatic nitrogens is 3. The lowest BCUT2D eigenvalue weighted by atomic mass is 10.0. The van der Waals surface area contributed by atoms with Gasteiger partial charge in [-0.05, 0) is 58.8 Å². The van der Waals surface area contributed by atoms with Gasteiger partial charge in [-0.25, -0.2) is 9.97 Å². The van der Waals surface area contributed by atoms with Crippen molar-refractivity contribution in [3.05, 3.63) is 50.5 Å². The fraction of sp³-hybridized carbons (Fsp3) is 0.682. The maximum absolute atomic E-state index is 13.0. The number of anilines is 3. The summed E-state index contributed by atoms with van der Waals surface area (Å²) < 4.78 is 1.87. The van der Waals surface area contributed by atoms with Crippen LogP contribution in [0.2, 0.25) is 0 Å². The minimum Gasteiger partial charge on any atom is -0.412 e. The molecule has 4 aromatic rings. The molecule has 300 valence electrons. The number of para-hydroxylation sites is 1. The second-order valence-corrected chi connectivity index (χ2v) is 15.6. The van der Waals surface area contributed by atoms with Crippen LogP contribution in [0.5, 0.6) is 0 Å². The van der Waals surface area contributed by atoms with Crippen LogP contribution < -0.4 is 31.6 Å². The van der Waals surface area contributed by atoms with Gasteiger partial charge in [0.25, 0.3) is 10.9 Å². The number of pyridine rings is 1. The molecule has 3 N–H and O–H groups in total. The van der Waals surface area contributed by atoms with Crippen molar-refractivity contribution in [2.75, 3.05) is 62.8 Å². The maximum Gasteiger partial charge on any atom is 0.253 e. The summed E-state index contributed by atoms with van der Waals surface area (Å²) in [4.78, 5) is 45.9. The molecule has 2 aromatic carbocycles. The molecule has 0 atom stereocenters. The third-order valence-electron chi connectivity index (χ3n) is 10.7. The molecule has 0 spiro atoms. The number of hydrogen-bond donors (Lipinski definition) is 2. The molecule has 0 aliphatic rings. The highest BCUT2D eigenvalue weighted by atomic mass is 16.7. The smallest absolute Gasteiger partial charge is 0.253 e. The van der Waals surface area contributed by atoms with Gasteiger partial charge in [0.2, 0.25) is 0 Å². The average Bonchev–Trinajstić information content (AvgIpc) is 3.54. The van der Waals surface area contributed by atoms with Gasteiger partial charge in [-0.15, -0.1) is 0 Å². The van der Waals surface area contributed by atoms with Gasteiger partial charge >= 0.3 is 0 Å². The van der Waals surface area contributed by atoms with Gasteiger partial charge in [0, 0.05) is 31.4 Å². The lowest BCUT2D eigenvalue weighted by molar-refractivity contribution is 0.109. The molecule has 0 saturated carbocycles. The van der Waals surface area contributed by atoms with E-state index < -0.39 is 0 Å². The number of nitrogen functional groups attached to an aromatic ring is 1. The molecule has 10 nitrogen and oxygen atoms in total. The van der Waals surface area contributed by atoms with Crippen molar-refractivity contribution in [2.45, 2.75) is 149 Å². The predicted molar refractivity (Wildman–Crippen MR) is 229 cm³/mol. The van der Waals surface area contributed by atoms with Crippen LogP contribution in [0.4, 0.5) is 17.2 Å². The molecular weight excluding hydrogens is 675 g/mol. The number of fused-ring (bicyclic) bond motifs is 3. The summed E-state index contributed by atoms with van der Waals surface area (Å²) in [5.41, 5.74) is 9.06. The van der Waals surface area contributed by atoms with Crippen molar-refractivity contribution >= 4 is 39.1 Å². The Labute approximate surface area is 324 Å². The summed E-state index contributed by atoms with van der Waals surface area (Å²) in [7, 11) is 4.12. The minimum atomic E-state index is -0.375. The van der Waals surface area contributed by atoms with E-state index in [1.54, 1.807) is 0 Å². The molecule has 0 amide bonds. The average molecular weight is 746 g/mol. The third-order valence-corrected chi connectivity index (χ3v) is 10.7. The molecule has 2 heterocycles. The van der Waals surface area contributed by atoms with Gasteiger partial charge in [0.05, 0.1) is 5.52 Å². The van der Waals surface area contributed by atoms with Gasteiger partial charge < -0.3 is 25.7 Å². The lowest BCUT2D eigenvalue weighted by Crippen LogP contribution is -2.44. The molecule has 0 saturated heterocycles. The Morgan fingerprint density at radius 2 is 1.31 bits per heavy atom. The van der Waals surface area contributed by atoms with Gasteiger partial charge in [0.1, 0.15) is 34.8 Å². The number of hydrogen-bond acceptors (Lipinski definition) is 9. The minimum absolute atomic E-state index is 0.362. The fourth-order valence-corrected chi connectivity index (χ4v) is 7.48. The number of imidazole rings is 1. The molecule has 10 heteroatoms. The molecular formula is C44H71N7O3. The zero-order chi connectivity index (χ0) is 38.5. The zero-order valence-electron chi connectivity index (χ0n) is 34.2. The van der Waals surface area contributed by atoms with Crippen molar-refractivity contribution in [3.8, 4) is 0 Å². The summed E-state index contributed by atoms with van der Waals surface area (Å²) in [5.74, 6) is 1.27. The van der Waals surface area contributed by atoms with E-state index in [9.17, 15) is 9.59 Å². The molecule has 0 bridgehead atoms. The van der Waals surface area contributed by atoms with E-state index >= 15 is 0 Å². The highest BCUT2D eigenvalue weighted by molar-refractivity contribution is 6.06. The first-order valence-electron chi connectivity index (χ1n) is 21.5. The van der Waals surface area contributed by atoms with Crippen molar-refractivity contribution in [1.82, 2.24) is 19.6 Å². The number of nitrogens with zero attached hydrogens (tertiary/aromatic N) is 5. The Bertz CT molecular complexity index is 1730. The van der Waals surface area contributed by atoms with Crippen LogP contribution in [-0.2, 0) is 6.42 Å². The van der Waals surface area contributed by atoms with Crippen molar-refractivity contribution < 1.29 is 4.84 Å².